The van der Waals surface area contributed by atoms with Gasteiger partial charge in [0.05, 0.1) is 22.4 Å². The van der Waals surface area contributed by atoms with Crippen LogP contribution in [0.25, 0.3) is 114 Å². The number of benzene rings is 9. The molecule has 0 saturated carbocycles. The highest BCUT2D eigenvalue weighted by Crippen LogP contribution is 2.51. The highest BCUT2D eigenvalue weighted by Gasteiger charge is 2.24. The van der Waals surface area contributed by atoms with Gasteiger partial charge in [-0.2, -0.15) is 0 Å². The van der Waals surface area contributed by atoms with Crippen LogP contribution in [-0.4, -0.2) is 14.5 Å². The fourth-order valence-electron chi connectivity index (χ4n) is 8.91. The van der Waals surface area contributed by atoms with Crippen molar-refractivity contribution >= 4 is 85.6 Å². The maximum atomic E-state index is 5.13. The summed E-state index contributed by atoms with van der Waals surface area (Å²) in [5.41, 5.74) is 8.45. The number of thiophene rings is 1. The molecule has 0 saturated heterocycles. The maximum absolute atomic E-state index is 5.13. The van der Waals surface area contributed by atoms with Crippen molar-refractivity contribution in [3.8, 4) is 39.6 Å². The second-order valence-electron chi connectivity index (χ2n) is 14.5. The minimum absolute atomic E-state index is 0.715. The first-order chi connectivity index (χ1) is 27.8. The first kappa shape index (κ1) is 31.2. The summed E-state index contributed by atoms with van der Waals surface area (Å²) in [5.74, 6) is 0.715. The predicted octanol–water partition coefficient (Wildman–Crippen LogP) is 14.4. The zero-order chi connectivity index (χ0) is 36.7. The van der Waals surface area contributed by atoms with Crippen LogP contribution in [0.15, 0.2) is 188 Å². The van der Waals surface area contributed by atoms with Crippen LogP contribution in [0.4, 0.5) is 0 Å². The summed E-state index contributed by atoms with van der Waals surface area (Å²) in [6.07, 6.45) is 0. The molecule has 56 heavy (non-hydrogen) atoms. The van der Waals surface area contributed by atoms with Crippen molar-refractivity contribution in [3.63, 3.8) is 0 Å². The largest absolute Gasteiger partial charge is 0.309 e. The van der Waals surface area contributed by atoms with Crippen LogP contribution >= 0.6 is 11.3 Å². The minimum atomic E-state index is 0.715. The molecule has 12 aromatic rings. The lowest BCUT2D eigenvalue weighted by atomic mass is 9.94. The number of nitrogens with zero attached hydrogens (tertiary/aromatic N) is 3. The molecule has 0 radical (unpaired) electrons. The third-order valence-electron chi connectivity index (χ3n) is 11.4. The highest BCUT2D eigenvalue weighted by atomic mass is 32.1. The van der Waals surface area contributed by atoms with Crippen LogP contribution in [0.5, 0.6) is 0 Å². The molecule has 0 amide bonds. The van der Waals surface area contributed by atoms with Gasteiger partial charge < -0.3 is 4.57 Å². The number of hydrogen-bond donors (Lipinski definition) is 0. The van der Waals surface area contributed by atoms with E-state index in [0.717, 1.165) is 33.8 Å². The van der Waals surface area contributed by atoms with E-state index in [1.54, 1.807) is 0 Å². The highest BCUT2D eigenvalue weighted by molar-refractivity contribution is 7.28. The first-order valence-corrected chi connectivity index (χ1v) is 19.8. The molecule has 0 unspecified atom stereocenters. The first-order valence-electron chi connectivity index (χ1n) is 19.0. The molecule has 0 fully saturated rings. The van der Waals surface area contributed by atoms with E-state index in [1.807, 2.05) is 35.6 Å². The molecule has 3 heterocycles. The lowest BCUT2D eigenvalue weighted by molar-refractivity contribution is 1.17. The van der Waals surface area contributed by atoms with Crippen molar-refractivity contribution in [3.05, 3.63) is 188 Å². The van der Waals surface area contributed by atoms with E-state index in [-0.39, 0.29) is 0 Å². The van der Waals surface area contributed by atoms with E-state index < -0.39 is 0 Å². The second-order valence-corrected chi connectivity index (χ2v) is 15.5. The smallest absolute Gasteiger partial charge is 0.160 e. The van der Waals surface area contributed by atoms with Gasteiger partial charge in [0.25, 0.3) is 0 Å². The molecule has 9 aromatic carbocycles. The zero-order valence-corrected chi connectivity index (χ0v) is 31.0. The van der Waals surface area contributed by atoms with Crippen molar-refractivity contribution in [1.82, 2.24) is 14.5 Å². The number of fused-ring (bicyclic) bond motifs is 15. The average molecular weight is 730 g/mol. The van der Waals surface area contributed by atoms with E-state index in [1.165, 1.54) is 74.3 Å². The SMILES string of the molecule is c1ccc(-c2cc(-c3ccc(-n4c5ccccc5c5c6ccccc6c6sc7c8ccccc8c8ccccc8c7c6c54)cc3)nc(-c3ccccc3)n2)cc1. The summed E-state index contributed by atoms with van der Waals surface area (Å²) >= 11 is 1.94. The molecule has 260 valence electrons. The van der Waals surface area contributed by atoms with Gasteiger partial charge in [0.2, 0.25) is 0 Å². The molecule has 0 bridgehead atoms. The number of hydrogen-bond acceptors (Lipinski definition) is 3. The fraction of sp³-hybridized carbons (Fsp3) is 0. The van der Waals surface area contributed by atoms with Crippen LogP contribution in [0.1, 0.15) is 0 Å². The summed E-state index contributed by atoms with van der Waals surface area (Å²) < 4.78 is 5.17. The van der Waals surface area contributed by atoms with E-state index in [2.05, 4.69) is 168 Å². The van der Waals surface area contributed by atoms with Crippen LogP contribution in [0.2, 0.25) is 0 Å². The molecular weight excluding hydrogens is 699 g/mol. The Morgan fingerprint density at radius 3 is 1.48 bits per heavy atom. The Kier molecular flexibility index (Phi) is 6.80. The second kappa shape index (κ2) is 12.2. The molecule has 0 aliphatic carbocycles. The van der Waals surface area contributed by atoms with Crippen LogP contribution in [0, 0.1) is 0 Å². The molecule has 0 aliphatic heterocycles. The zero-order valence-electron chi connectivity index (χ0n) is 30.1. The van der Waals surface area contributed by atoms with Gasteiger partial charge in [-0.05, 0) is 45.8 Å². The molecule has 0 atom stereocenters. The van der Waals surface area contributed by atoms with Crippen molar-refractivity contribution < 1.29 is 0 Å². The molecule has 12 rings (SSSR count). The number of aromatic nitrogens is 3. The predicted molar refractivity (Wildman–Crippen MR) is 238 cm³/mol. The van der Waals surface area contributed by atoms with Gasteiger partial charge in [-0.1, -0.05) is 164 Å². The molecule has 0 spiro atoms. The average Bonchev–Trinajstić information content (AvgIpc) is 3.85. The lowest BCUT2D eigenvalue weighted by Crippen LogP contribution is -1.97. The minimum Gasteiger partial charge on any atom is -0.309 e. The lowest BCUT2D eigenvalue weighted by Gasteiger charge is -2.13. The summed E-state index contributed by atoms with van der Waals surface area (Å²) in [6.45, 7) is 0. The number of para-hydroxylation sites is 1. The Morgan fingerprint density at radius 1 is 0.357 bits per heavy atom. The monoisotopic (exact) mass is 729 g/mol. The summed E-state index contributed by atoms with van der Waals surface area (Å²) in [6, 6.07) is 67.4. The molecule has 0 N–H and O–H groups in total. The van der Waals surface area contributed by atoms with Gasteiger partial charge in [0, 0.05) is 64.1 Å². The van der Waals surface area contributed by atoms with Gasteiger partial charge in [-0.3, -0.25) is 0 Å². The van der Waals surface area contributed by atoms with E-state index in [4.69, 9.17) is 9.97 Å². The summed E-state index contributed by atoms with van der Waals surface area (Å²) in [5, 5.41) is 13.0. The Bertz CT molecular complexity index is 3450. The number of rotatable bonds is 4. The Balaban J connectivity index is 1.16. The summed E-state index contributed by atoms with van der Waals surface area (Å²) in [7, 11) is 0. The Labute approximate surface area is 326 Å². The Morgan fingerprint density at radius 2 is 0.821 bits per heavy atom. The van der Waals surface area contributed by atoms with Crippen molar-refractivity contribution in [2.45, 2.75) is 0 Å². The molecule has 4 heteroatoms. The standard InChI is InChI=1S/C52H31N3S/c1-3-15-32(16-4-1)43-31-44(54-52(53-43)34-17-5-2-6-18-34)33-27-29-35(30-28-33)55-45-26-14-13-25-42(45)46-39-22-10-12-24-41(39)51-48(49(46)55)47-38-21-9-7-19-36(38)37-20-8-11-23-40(37)50(47)56-51/h1-31H. The van der Waals surface area contributed by atoms with Crippen molar-refractivity contribution in [2.75, 3.05) is 0 Å². The van der Waals surface area contributed by atoms with E-state index >= 15 is 0 Å². The van der Waals surface area contributed by atoms with Gasteiger partial charge >= 0.3 is 0 Å². The van der Waals surface area contributed by atoms with Gasteiger partial charge in [0.1, 0.15) is 0 Å². The molecular formula is C52H31N3S. The normalized spacial score (nSPS) is 11.9. The van der Waals surface area contributed by atoms with Crippen molar-refractivity contribution in [2.24, 2.45) is 0 Å². The van der Waals surface area contributed by atoms with Gasteiger partial charge in [0.15, 0.2) is 5.82 Å². The molecule has 3 nitrogen and oxygen atoms in total. The van der Waals surface area contributed by atoms with E-state index in [0.29, 0.717) is 5.82 Å². The third kappa shape index (κ3) is 4.57. The fourth-order valence-corrected chi connectivity index (χ4v) is 10.3. The quantitative estimate of drug-likeness (QED) is 0.169. The van der Waals surface area contributed by atoms with Crippen LogP contribution in [0.3, 0.4) is 0 Å². The van der Waals surface area contributed by atoms with Gasteiger partial charge in [-0.25, -0.2) is 9.97 Å². The van der Waals surface area contributed by atoms with E-state index in [9.17, 15) is 0 Å². The van der Waals surface area contributed by atoms with Crippen LogP contribution in [-0.2, 0) is 0 Å². The molecule has 0 aliphatic rings. The third-order valence-corrected chi connectivity index (χ3v) is 12.6. The summed E-state index contributed by atoms with van der Waals surface area (Å²) in [4.78, 5) is 10.2. The molecule has 3 aromatic heterocycles. The Hall–Kier alpha value is -7.14. The van der Waals surface area contributed by atoms with Gasteiger partial charge in [-0.15, -0.1) is 11.3 Å². The van der Waals surface area contributed by atoms with Crippen LogP contribution < -0.4 is 0 Å². The topological polar surface area (TPSA) is 30.7 Å². The maximum Gasteiger partial charge on any atom is 0.160 e. The van der Waals surface area contributed by atoms with Crippen molar-refractivity contribution in [1.29, 1.82) is 0 Å².